The van der Waals surface area contributed by atoms with Crippen molar-refractivity contribution in [3.63, 3.8) is 0 Å². The van der Waals surface area contributed by atoms with Gasteiger partial charge in [0.25, 0.3) is 0 Å². The Labute approximate surface area is 103 Å². The maximum absolute atomic E-state index is 12.1. The zero-order chi connectivity index (χ0) is 12.4. The first kappa shape index (κ1) is 12.2. The first-order valence-corrected chi connectivity index (χ1v) is 6.46. The highest BCUT2D eigenvalue weighted by molar-refractivity contribution is 6.00. The van der Waals surface area contributed by atoms with E-state index in [0.29, 0.717) is 12.3 Å². The molecule has 0 spiro atoms. The number of hydrogen-bond donors (Lipinski definition) is 0. The van der Waals surface area contributed by atoms with Gasteiger partial charge in [0.05, 0.1) is 5.56 Å². The molecule has 0 aromatic heterocycles. The molecule has 1 aromatic carbocycles. The predicted octanol–water partition coefficient (Wildman–Crippen LogP) is 3.77. The van der Waals surface area contributed by atoms with Crippen LogP contribution in [0.2, 0.25) is 0 Å². The van der Waals surface area contributed by atoms with Gasteiger partial charge >= 0.3 is 0 Å². The largest absolute Gasteiger partial charge is 0.489 e. The summed E-state index contributed by atoms with van der Waals surface area (Å²) in [5, 5.41) is 0. The summed E-state index contributed by atoms with van der Waals surface area (Å²) in [6.07, 6.45) is 2.72. The van der Waals surface area contributed by atoms with Crippen molar-refractivity contribution >= 4 is 5.78 Å². The fourth-order valence-electron chi connectivity index (χ4n) is 2.54. The van der Waals surface area contributed by atoms with Crippen molar-refractivity contribution in [1.29, 1.82) is 0 Å². The second-order valence-corrected chi connectivity index (χ2v) is 4.86. The van der Waals surface area contributed by atoms with E-state index in [1.807, 2.05) is 25.1 Å². The minimum atomic E-state index is 0.0627. The van der Waals surface area contributed by atoms with E-state index in [1.165, 1.54) is 0 Å². The van der Waals surface area contributed by atoms with E-state index in [4.69, 9.17) is 4.74 Å². The minimum Gasteiger partial charge on any atom is -0.489 e. The second kappa shape index (κ2) is 4.91. The number of benzene rings is 1. The summed E-state index contributed by atoms with van der Waals surface area (Å²) in [5.41, 5.74) is 1.87. The summed E-state index contributed by atoms with van der Waals surface area (Å²) in [6.45, 7) is 6.32. The van der Waals surface area contributed by atoms with Gasteiger partial charge in [0, 0.05) is 6.42 Å². The Balaban J connectivity index is 2.27. The number of Topliss-reactive ketones (excluding diaryl/α,β-unsaturated/α-hetero) is 1. The highest BCUT2D eigenvalue weighted by Gasteiger charge is 2.30. The lowest BCUT2D eigenvalue weighted by Gasteiger charge is -2.30. The van der Waals surface area contributed by atoms with Crippen LogP contribution < -0.4 is 4.74 Å². The van der Waals surface area contributed by atoms with Gasteiger partial charge in [0.2, 0.25) is 0 Å². The van der Waals surface area contributed by atoms with Crippen molar-refractivity contribution in [2.45, 2.75) is 46.1 Å². The van der Waals surface area contributed by atoms with Gasteiger partial charge in [-0.15, -0.1) is 0 Å². The summed E-state index contributed by atoms with van der Waals surface area (Å²) in [4.78, 5) is 12.1. The van der Waals surface area contributed by atoms with Crippen molar-refractivity contribution in [1.82, 2.24) is 0 Å². The van der Waals surface area contributed by atoms with Crippen LogP contribution in [0.3, 0.4) is 0 Å². The van der Waals surface area contributed by atoms with E-state index in [-0.39, 0.29) is 11.9 Å². The smallest absolute Gasteiger partial charge is 0.170 e. The monoisotopic (exact) mass is 232 g/mol. The lowest BCUT2D eigenvalue weighted by Crippen LogP contribution is -2.33. The van der Waals surface area contributed by atoms with Crippen molar-refractivity contribution in [2.24, 2.45) is 5.92 Å². The maximum atomic E-state index is 12.1. The number of fused-ring (bicyclic) bond motifs is 1. The van der Waals surface area contributed by atoms with Gasteiger partial charge in [-0.25, -0.2) is 0 Å². The maximum Gasteiger partial charge on any atom is 0.170 e. The van der Waals surface area contributed by atoms with Crippen molar-refractivity contribution in [2.75, 3.05) is 0 Å². The second-order valence-electron chi connectivity index (χ2n) is 4.86. The molecule has 0 fully saturated rings. The van der Waals surface area contributed by atoms with E-state index in [9.17, 15) is 4.79 Å². The molecular formula is C15H20O2. The molecule has 2 nitrogen and oxygen atoms in total. The quantitative estimate of drug-likeness (QED) is 0.793. The average Bonchev–Trinajstić information content (AvgIpc) is 2.32. The summed E-state index contributed by atoms with van der Waals surface area (Å²) in [6, 6.07) is 5.86. The highest BCUT2D eigenvalue weighted by atomic mass is 16.5. The first-order chi connectivity index (χ1) is 8.15. The molecule has 2 heteroatoms. The third-order valence-electron chi connectivity index (χ3n) is 3.67. The van der Waals surface area contributed by atoms with E-state index in [0.717, 1.165) is 29.7 Å². The summed E-state index contributed by atoms with van der Waals surface area (Å²) < 4.78 is 5.98. The molecule has 1 aromatic rings. The van der Waals surface area contributed by atoms with Gasteiger partial charge < -0.3 is 4.74 Å². The number of aryl methyl sites for hydroxylation is 1. The number of carbonyl (C=O) groups is 1. The van der Waals surface area contributed by atoms with Gasteiger partial charge in [-0.1, -0.05) is 25.5 Å². The van der Waals surface area contributed by atoms with Gasteiger partial charge in [-0.2, -0.15) is 0 Å². The molecule has 1 aliphatic rings. The molecule has 92 valence electrons. The van der Waals surface area contributed by atoms with E-state index < -0.39 is 0 Å². The summed E-state index contributed by atoms with van der Waals surface area (Å²) in [5.74, 6) is 1.48. The Morgan fingerprint density at radius 2 is 2.06 bits per heavy atom. The van der Waals surface area contributed by atoms with Crippen molar-refractivity contribution in [3.8, 4) is 5.75 Å². The molecular weight excluding hydrogens is 212 g/mol. The van der Waals surface area contributed by atoms with Crippen LogP contribution in [0.4, 0.5) is 0 Å². The number of hydrogen-bond acceptors (Lipinski definition) is 2. The first-order valence-electron chi connectivity index (χ1n) is 6.46. The van der Waals surface area contributed by atoms with Crippen molar-refractivity contribution in [3.05, 3.63) is 29.3 Å². The van der Waals surface area contributed by atoms with Crippen LogP contribution >= 0.6 is 0 Å². The molecule has 0 radical (unpaired) electrons. The third kappa shape index (κ3) is 2.36. The lowest BCUT2D eigenvalue weighted by atomic mass is 9.89. The standard InChI is InChI=1S/C15H20O2/c1-4-11(5-2)15-9-13(16)12-8-10(3)6-7-14(12)17-15/h6-8,11,15H,4-5,9H2,1-3H3. The molecule has 0 bridgehead atoms. The van der Waals surface area contributed by atoms with Gasteiger partial charge in [0.15, 0.2) is 5.78 Å². The third-order valence-corrected chi connectivity index (χ3v) is 3.67. The lowest BCUT2D eigenvalue weighted by molar-refractivity contribution is 0.0716. The fraction of sp³-hybridized carbons (Fsp3) is 0.533. The molecule has 0 aliphatic carbocycles. The Morgan fingerprint density at radius 3 is 2.71 bits per heavy atom. The number of carbonyl (C=O) groups excluding carboxylic acids is 1. The Hall–Kier alpha value is -1.31. The van der Waals surface area contributed by atoms with Crippen LogP contribution in [0.25, 0.3) is 0 Å². The van der Waals surface area contributed by atoms with E-state index in [2.05, 4.69) is 13.8 Å². The molecule has 1 heterocycles. The molecule has 0 saturated heterocycles. The number of ether oxygens (including phenoxy) is 1. The van der Waals surface area contributed by atoms with Gasteiger partial charge in [-0.3, -0.25) is 4.79 Å². The zero-order valence-corrected chi connectivity index (χ0v) is 10.8. The van der Waals surface area contributed by atoms with Crippen molar-refractivity contribution < 1.29 is 9.53 Å². The van der Waals surface area contributed by atoms with E-state index >= 15 is 0 Å². The minimum absolute atomic E-state index is 0.0627. The van der Waals surface area contributed by atoms with Crippen LogP contribution in [0.1, 0.15) is 49.0 Å². The molecule has 1 atom stereocenters. The summed E-state index contributed by atoms with van der Waals surface area (Å²) >= 11 is 0. The Morgan fingerprint density at radius 1 is 1.35 bits per heavy atom. The van der Waals surface area contributed by atoms with Gasteiger partial charge in [0.1, 0.15) is 11.9 Å². The number of rotatable bonds is 3. The molecule has 0 amide bonds. The SMILES string of the molecule is CCC(CC)C1CC(=O)c2cc(C)ccc2O1. The molecule has 1 aliphatic heterocycles. The van der Waals surface area contributed by atoms with Crippen LogP contribution in [0.15, 0.2) is 18.2 Å². The molecule has 0 N–H and O–H groups in total. The highest BCUT2D eigenvalue weighted by Crippen LogP contribution is 2.32. The molecule has 17 heavy (non-hydrogen) atoms. The normalized spacial score (nSPS) is 19.1. The molecule has 2 rings (SSSR count). The van der Waals surface area contributed by atoms with E-state index in [1.54, 1.807) is 0 Å². The predicted molar refractivity (Wildman–Crippen MR) is 68.6 cm³/mol. The molecule has 0 saturated carbocycles. The van der Waals surface area contributed by atoms with Crippen LogP contribution in [0.5, 0.6) is 5.75 Å². The van der Waals surface area contributed by atoms with Crippen LogP contribution in [0, 0.1) is 12.8 Å². The zero-order valence-electron chi connectivity index (χ0n) is 10.8. The van der Waals surface area contributed by atoms with Crippen LogP contribution in [-0.4, -0.2) is 11.9 Å². The average molecular weight is 232 g/mol. The Bertz CT molecular complexity index is 419. The summed E-state index contributed by atoms with van der Waals surface area (Å²) in [7, 11) is 0. The number of ketones is 1. The molecule has 1 unspecified atom stereocenters. The Kier molecular flexibility index (Phi) is 3.51. The van der Waals surface area contributed by atoms with Gasteiger partial charge in [-0.05, 0) is 37.8 Å². The van der Waals surface area contributed by atoms with Crippen LogP contribution in [-0.2, 0) is 0 Å². The topological polar surface area (TPSA) is 26.3 Å². The fourth-order valence-corrected chi connectivity index (χ4v) is 2.54.